The first-order chi connectivity index (χ1) is 27.1. The molecule has 0 bridgehead atoms. The number of hydrogen-bond donors (Lipinski definition) is 1. The molecule has 1 aromatic heterocycles. The monoisotopic (exact) mass is 779 g/mol. The number of hydrogen-bond acceptors (Lipinski definition) is 12. The summed E-state index contributed by atoms with van der Waals surface area (Å²) < 4.78 is 6.10. The molecule has 56 heavy (non-hydrogen) atoms. The molecule has 3 saturated heterocycles. The van der Waals surface area contributed by atoms with Gasteiger partial charge in [0.15, 0.2) is 0 Å². The minimum atomic E-state index is -1.05. The summed E-state index contributed by atoms with van der Waals surface area (Å²) in [6.45, 7) is 4.83. The Morgan fingerprint density at radius 3 is 2.14 bits per heavy atom. The highest BCUT2D eigenvalue weighted by Gasteiger charge is 2.49. The lowest BCUT2D eigenvalue weighted by Gasteiger charge is -2.43. The van der Waals surface area contributed by atoms with Gasteiger partial charge in [-0.1, -0.05) is 11.6 Å². The Hall–Kier alpha value is -5.59. The summed E-state index contributed by atoms with van der Waals surface area (Å²) in [5, 5.41) is 9.46. The number of nitriles is 1. The first kappa shape index (κ1) is 37.3. The highest BCUT2D eigenvalue weighted by Crippen LogP contribution is 2.35. The Morgan fingerprint density at radius 2 is 1.48 bits per heavy atom. The van der Waals surface area contributed by atoms with Crippen molar-refractivity contribution in [3.05, 3.63) is 76.1 Å². The first-order valence-electron chi connectivity index (χ1n) is 19.2. The highest BCUT2D eigenvalue weighted by molar-refractivity contribution is 6.31. The maximum absolute atomic E-state index is 14.0. The molecular formula is C40H42ClN9O6. The Kier molecular flexibility index (Phi) is 10.3. The summed E-state index contributed by atoms with van der Waals surface area (Å²) in [7, 11) is 0. The summed E-state index contributed by atoms with van der Waals surface area (Å²) in [4.78, 5) is 84.0. The molecular weight excluding hydrogens is 738 g/mol. The van der Waals surface area contributed by atoms with E-state index >= 15 is 0 Å². The molecule has 0 spiro atoms. The summed E-state index contributed by atoms with van der Waals surface area (Å²) in [5.41, 5.74) is 7.37. The minimum Gasteiger partial charge on any atom is -0.490 e. The molecule has 3 aromatic rings. The van der Waals surface area contributed by atoms with Gasteiger partial charge in [-0.2, -0.15) is 5.26 Å². The second kappa shape index (κ2) is 15.5. The molecule has 2 N–H and O–H groups in total. The Balaban J connectivity index is 0.856. The second-order valence-corrected chi connectivity index (χ2v) is 15.5. The van der Waals surface area contributed by atoms with E-state index in [1.807, 2.05) is 12.1 Å². The van der Waals surface area contributed by atoms with E-state index in [2.05, 4.69) is 24.7 Å². The van der Waals surface area contributed by atoms with Gasteiger partial charge in [0.25, 0.3) is 23.6 Å². The van der Waals surface area contributed by atoms with Crippen molar-refractivity contribution in [3.8, 4) is 11.8 Å². The number of imide groups is 2. The third-order valence-electron chi connectivity index (χ3n) is 11.9. The molecule has 4 aliphatic heterocycles. The fraction of sp³-hybridized carbons (Fsp3) is 0.450. The molecule has 5 heterocycles. The predicted molar refractivity (Wildman–Crippen MR) is 204 cm³/mol. The average molecular weight is 780 g/mol. The second-order valence-electron chi connectivity index (χ2n) is 15.0. The van der Waals surface area contributed by atoms with Gasteiger partial charge in [0.1, 0.15) is 17.9 Å². The molecule has 15 nitrogen and oxygen atoms in total. The number of nitrogens with zero attached hydrogens (tertiary/aromatic N) is 8. The quantitative estimate of drug-likeness (QED) is 0.329. The molecule has 290 valence electrons. The molecule has 5 aliphatic rings. The van der Waals surface area contributed by atoms with E-state index < -0.39 is 29.7 Å². The maximum atomic E-state index is 14.0. The number of likely N-dealkylation sites (tertiary alicyclic amines) is 1. The highest BCUT2D eigenvalue weighted by atomic mass is 35.5. The van der Waals surface area contributed by atoms with Gasteiger partial charge >= 0.3 is 0 Å². The zero-order valence-corrected chi connectivity index (χ0v) is 31.6. The fourth-order valence-electron chi connectivity index (χ4n) is 8.80. The van der Waals surface area contributed by atoms with Crippen LogP contribution in [-0.4, -0.2) is 118 Å². The third-order valence-corrected chi connectivity index (χ3v) is 12.2. The van der Waals surface area contributed by atoms with Crippen molar-refractivity contribution in [2.45, 2.75) is 75.6 Å². The number of piperazine rings is 1. The molecule has 8 rings (SSSR count). The van der Waals surface area contributed by atoms with Crippen molar-refractivity contribution in [3.63, 3.8) is 0 Å². The van der Waals surface area contributed by atoms with E-state index in [1.54, 1.807) is 30.3 Å². The van der Waals surface area contributed by atoms with Crippen LogP contribution in [0.3, 0.4) is 0 Å². The number of nitrogens with two attached hydrogens (primary N) is 1. The summed E-state index contributed by atoms with van der Waals surface area (Å²) in [6, 6.07) is 11.3. The molecule has 1 unspecified atom stereocenters. The van der Waals surface area contributed by atoms with Crippen LogP contribution in [0.25, 0.3) is 0 Å². The first-order valence-corrected chi connectivity index (χ1v) is 19.6. The minimum absolute atomic E-state index is 0.0658. The number of carbonyl (C=O) groups excluding carboxylic acids is 5. The van der Waals surface area contributed by atoms with Gasteiger partial charge in [0.2, 0.25) is 11.9 Å². The SMILES string of the molecule is N#Cc1ccc(OC2CCC(N3C(=O)CCC(N4C(=O)c5ccc(N6CCN(C7CCN(c8ncc(C(N)=O)cn8)CC7)CC6)cc5C4=O)C3=O)CC2)cc1Cl. The smallest absolute Gasteiger partial charge is 0.262 e. The zero-order valence-electron chi connectivity index (χ0n) is 30.8. The maximum Gasteiger partial charge on any atom is 0.262 e. The molecule has 1 aliphatic carbocycles. The Morgan fingerprint density at radius 1 is 0.786 bits per heavy atom. The van der Waals surface area contributed by atoms with Crippen molar-refractivity contribution >= 4 is 52.8 Å². The number of carbonyl (C=O) groups is 5. The number of rotatable bonds is 8. The summed E-state index contributed by atoms with van der Waals surface area (Å²) in [5.74, 6) is -1.21. The lowest BCUT2D eigenvalue weighted by Crippen LogP contribution is -2.59. The lowest BCUT2D eigenvalue weighted by atomic mass is 9.89. The van der Waals surface area contributed by atoms with Crippen LogP contribution in [-0.2, 0) is 9.59 Å². The number of halogens is 1. The largest absolute Gasteiger partial charge is 0.490 e. The van der Waals surface area contributed by atoms with Gasteiger partial charge in [-0.3, -0.25) is 38.7 Å². The zero-order chi connectivity index (χ0) is 39.1. The molecule has 0 radical (unpaired) electrons. The van der Waals surface area contributed by atoms with Gasteiger partial charge in [-0.05, 0) is 75.3 Å². The molecule has 5 amide bonds. The van der Waals surface area contributed by atoms with E-state index in [4.69, 9.17) is 27.3 Å². The van der Waals surface area contributed by atoms with Crippen LogP contribution in [0.1, 0.15) is 88.0 Å². The van der Waals surface area contributed by atoms with Crippen LogP contribution in [0.4, 0.5) is 11.6 Å². The summed E-state index contributed by atoms with van der Waals surface area (Å²) >= 11 is 6.17. The van der Waals surface area contributed by atoms with Crippen molar-refractivity contribution in [2.24, 2.45) is 5.73 Å². The number of fused-ring (bicyclic) bond motifs is 1. The number of primary amides is 1. The number of benzene rings is 2. The van der Waals surface area contributed by atoms with Gasteiger partial charge in [-0.25, -0.2) is 9.97 Å². The Bertz CT molecular complexity index is 2100. The average Bonchev–Trinajstić information content (AvgIpc) is 3.46. The van der Waals surface area contributed by atoms with E-state index in [1.165, 1.54) is 17.3 Å². The number of amides is 5. The van der Waals surface area contributed by atoms with E-state index in [-0.39, 0.29) is 47.6 Å². The van der Waals surface area contributed by atoms with Gasteiger partial charge in [0.05, 0.1) is 33.4 Å². The van der Waals surface area contributed by atoms with Crippen LogP contribution in [0.15, 0.2) is 48.8 Å². The molecule has 16 heteroatoms. The number of ether oxygens (including phenoxy) is 1. The van der Waals surface area contributed by atoms with Crippen molar-refractivity contribution in [1.29, 1.82) is 5.26 Å². The van der Waals surface area contributed by atoms with Crippen molar-refractivity contribution in [1.82, 2.24) is 24.7 Å². The molecule has 4 fully saturated rings. The molecule has 1 atom stereocenters. The van der Waals surface area contributed by atoms with E-state index in [0.29, 0.717) is 54.0 Å². The van der Waals surface area contributed by atoms with Crippen molar-refractivity contribution in [2.75, 3.05) is 49.1 Å². The van der Waals surface area contributed by atoms with Gasteiger partial charge in [0, 0.05) is 81.9 Å². The van der Waals surface area contributed by atoms with E-state index in [0.717, 1.165) is 62.7 Å². The fourth-order valence-corrected chi connectivity index (χ4v) is 9.01. The predicted octanol–water partition coefficient (Wildman–Crippen LogP) is 3.40. The Labute approximate surface area is 328 Å². The summed E-state index contributed by atoms with van der Waals surface area (Å²) in [6.07, 6.45) is 7.10. The normalized spacial score (nSPS) is 23.7. The topological polar surface area (TPSA) is 186 Å². The van der Waals surface area contributed by atoms with Crippen LogP contribution in [0.2, 0.25) is 5.02 Å². The van der Waals surface area contributed by atoms with Crippen LogP contribution in [0, 0.1) is 11.3 Å². The molecule has 2 aromatic carbocycles. The van der Waals surface area contributed by atoms with Gasteiger partial charge < -0.3 is 20.3 Å². The van der Waals surface area contributed by atoms with Crippen LogP contribution < -0.4 is 20.3 Å². The van der Waals surface area contributed by atoms with Crippen LogP contribution in [0.5, 0.6) is 5.75 Å². The standard InChI is InChI=1S/C40H42ClN9O6/c41-33-20-30(5-1-24(33)21-42)56-29-6-2-27(3-7-29)49-35(51)10-9-34(39(49)55)50-37(53)31-8-4-28(19-32(31)38(50)54)47-17-15-46(16-18-47)26-11-13-48(14-12-26)40-44-22-25(23-45-40)36(43)52/h1,4-5,8,19-20,22-23,26-27,29,34H,2-3,6-7,9-18H2,(H2,43,52). The number of aromatic nitrogens is 2. The van der Waals surface area contributed by atoms with E-state index in [9.17, 15) is 24.0 Å². The third kappa shape index (κ3) is 7.14. The number of piperidine rings is 2. The van der Waals surface area contributed by atoms with Gasteiger partial charge in [-0.15, -0.1) is 0 Å². The lowest BCUT2D eigenvalue weighted by molar-refractivity contribution is -0.155. The van der Waals surface area contributed by atoms with Crippen molar-refractivity contribution < 1.29 is 28.7 Å². The van der Waals surface area contributed by atoms with Crippen LogP contribution >= 0.6 is 11.6 Å². The molecule has 1 saturated carbocycles. The number of anilines is 2.